The first-order chi connectivity index (χ1) is 12.3. The number of nitro benzene ring substituents is 2. The standard InChI is InChI=1S/C18H24N2O6/c1-4-6-7-8-10-13(3)14-11-17(26-18(21)9-5-2)16(20(24)25)12-15(14)19(22)23/h5,9,11-13H,4,6-8,10H2,1-3H3. The maximum absolute atomic E-state index is 11.7. The fourth-order valence-corrected chi connectivity index (χ4v) is 2.66. The molecule has 0 aliphatic heterocycles. The van der Waals surface area contributed by atoms with E-state index in [1.54, 1.807) is 6.92 Å². The maximum Gasteiger partial charge on any atom is 0.336 e. The van der Waals surface area contributed by atoms with E-state index in [2.05, 4.69) is 6.92 Å². The predicted molar refractivity (Wildman–Crippen MR) is 97.4 cm³/mol. The van der Waals surface area contributed by atoms with Gasteiger partial charge in [0.25, 0.3) is 5.69 Å². The second-order valence-electron chi connectivity index (χ2n) is 6.06. The molecule has 1 aromatic rings. The van der Waals surface area contributed by atoms with Crippen molar-refractivity contribution < 1.29 is 19.4 Å². The monoisotopic (exact) mass is 364 g/mol. The average Bonchev–Trinajstić information content (AvgIpc) is 2.57. The second kappa shape index (κ2) is 10.3. The first-order valence-corrected chi connectivity index (χ1v) is 8.63. The van der Waals surface area contributed by atoms with E-state index in [9.17, 15) is 25.0 Å². The first kappa shape index (κ1) is 21.3. The molecule has 0 saturated heterocycles. The van der Waals surface area contributed by atoms with Crippen molar-refractivity contribution in [2.24, 2.45) is 0 Å². The van der Waals surface area contributed by atoms with Crippen LogP contribution in [-0.4, -0.2) is 15.8 Å². The van der Waals surface area contributed by atoms with Crippen LogP contribution in [0, 0.1) is 20.2 Å². The molecule has 26 heavy (non-hydrogen) atoms. The van der Waals surface area contributed by atoms with Crippen LogP contribution in [0.25, 0.3) is 0 Å². The Hall–Kier alpha value is -2.77. The highest BCUT2D eigenvalue weighted by atomic mass is 16.6. The third-order valence-electron chi connectivity index (χ3n) is 4.04. The molecule has 0 aliphatic rings. The van der Waals surface area contributed by atoms with Gasteiger partial charge < -0.3 is 4.74 Å². The fraction of sp³-hybridized carbons (Fsp3) is 0.500. The minimum Gasteiger partial charge on any atom is -0.416 e. The Morgan fingerprint density at radius 3 is 2.35 bits per heavy atom. The molecular formula is C18H24N2O6. The average molecular weight is 364 g/mol. The molecule has 1 unspecified atom stereocenters. The fourth-order valence-electron chi connectivity index (χ4n) is 2.66. The summed E-state index contributed by atoms with van der Waals surface area (Å²) in [7, 11) is 0. The van der Waals surface area contributed by atoms with E-state index >= 15 is 0 Å². The number of nitro groups is 2. The summed E-state index contributed by atoms with van der Waals surface area (Å²) in [6.45, 7) is 5.53. The van der Waals surface area contributed by atoms with E-state index in [1.165, 1.54) is 12.1 Å². The van der Waals surface area contributed by atoms with Crippen LogP contribution in [0.15, 0.2) is 24.3 Å². The molecule has 1 rings (SSSR count). The van der Waals surface area contributed by atoms with Gasteiger partial charge in [0.1, 0.15) is 0 Å². The third-order valence-corrected chi connectivity index (χ3v) is 4.04. The van der Waals surface area contributed by atoms with Gasteiger partial charge in [-0.25, -0.2) is 4.79 Å². The van der Waals surface area contributed by atoms with Crippen LogP contribution in [0.1, 0.15) is 64.4 Å². The van der Waals surface area contributed by atoms with Crippen molar-refractivity contribution in [1.29, 1.82) is 0 Å². The van der Waals surface area contributed by atoms with Crippen LogP contribution in [0.2, 0.25) is 0 Å². The largest absolute Gasteiger partial charge is 0.416 e. The Morgan fingerprint density at radius 1 is 1.15 bits per heavy atom. The van der Waals surface area contributed by atoms with Crippen molar-refractivity contribution in [3.05, 3.63) is 50.1 Å². The molecule has 0 fully saturated rings. The summed E-state index contributed by atoms with van der Waals surface area (Å²) in [4.78, 5) is 32.9. The minimum absolute atomic E-state index is 0.188. The van der Waals surface area contributed by atoms with Gasteiger partial charge in [-0.15, -0.1) is 0 Å². The first-order valence-electron chi connectivity index (χ1n) is 8.63. The summed E-state index contributed by atoms with van der Waals surface area (Å²) >= 11 is 0. The number of rotatable bonds is 10. The molecule has 1 aromatic carbocycles. The van der Waals surface area contributed by atoms with Crippen LogP contribution in [0.3, 0.4) is 0 Å². The van der Waals surface area contributed by atoms with Gasteiger partial charge in [-0.05, 0) is 25.3 Å². The molecule has 8 heteroatoms. The number of unbranched alkanes of at least 4 members (excludes halogenated alkanes) is 3. The zero-order valence-electron chi connectivity index (χ0n) is 15.3. The lowest BCUT2D eigenvalue weighted by Crippen LogP contribution is -2.08. The smallest absolute Gasteiger partial charge is 0.336 e. The number of carbonyl (C=O) groups excluding carboxylic acids is 1. The molecular weight excluding hydrogens is 340 g/mol. The molecule has 142 valence electrons. The quantitative estimate of drug-likeness (QED) is 0.143. The van der Waals surface area contributed by atoms with Gasteiger partial charge in [-0.2, -0.15) is 0 Å². The molecule has 0 aromatic heterocycles. The van der Waals surface area contributed by atoms with E-state index in [0.29, 0.717) is 12.0 Å². The van der Waals surface area contributed by atoms with Crippen LogP contribution in [0.4, 0.5) is 11.4 Å². The number of allylic oxidation sites excluding steroid dienone is 1. The summed E-state index contributed by atoms with van der Waals surface area (Å²) in [5, 5.41) is 22.6. The van der Waals surface area contributed by atoms with E-state index in [0.717, 1.165) is 37.8 Å². The molecule has 0 saturated carbocycles. The van der Waals surface area contributed by atoms with Gasteiger partial charge in [0.05, 0.1) is 15.9 Å². The van der Waals surface area contributed by atoms with E-state index < -0.39 is 21.5 Å². The zero-order chi connectivity index (χ0) is 19.7. The summed E-state index contributed by atoms with van der Waals surface area (Å²) in [6, 6.07) is 2.12. The van der Waals surface area contributed by atoms with Crippen LogP contribution < -0.4 is 4.74 Å². The molecule has 8 nitrogen and oxygen atoms in total. The number of carbonyl (C=O) groups is 1. The van der Waals surface area contributed by atoms with E-state index in [4.69, 9.17) is 4.74 Å². The van der Waals surface area contributed by atoms with Gasteiger partial charge >= 0.3 is 11.7 Å². The Morgan fingerprint density at radius 2 is 1.81 bits per heavy atom. The molecule has 0 heterocycles. The predicted octanol–water partition coefficient (Wildman–Crippen LogP) is 5.06. The summed E-state index contributed by atoms with van der Waals surface area (Å²) in [5.74, 6) is -1.24. The second-order valence-corrected chi connectivity index (χ2v) is 6.06. The highest BCUT2D eigenvalue weighted by Crippen LogP contribution is 2.39. The normalized spacial score (nSPS) is 12.1. The van der Waals surface area contributed by atoms with Crippen molar-refractivity contribution in [3.8, 4) is 5.75 Å². The zero-order valence-corrected chi connectivity index (χ0v) is 15.3. The third kappa shape index (κ3) is 5.94. The van der Waals surface area contributed by atoms with Crippen LogP contribution >= 0.6 is 0 Å². The Kier molecular flexibility index (Phi) is 8.41. The Bertz CT molecular complexity index is 699. The van der Waals surface area contributed by atoms with Crippen molar-refractivity contribution >= 4 is 17.3 Å². The molecule has 0 N–H and O–H groups in total. The van der Waals surface area contributed by atoms with Gasteiger partial charge in [-0.3, -0.25) is 20.2 Å². The molecule has 0 radical (unpaired) electrons. The number of hydrogen-bond donors (Lipinski definition) is 0. The molecule has 0 aliphatic carbocycles. The van der Waals surface area contributed by atoms with Gasteiger partial charge in [0.2, 0.25) is 5.75 Å². The number of hydrogen-bond acceptors (Lipinski definition) is 6. The molecule has 1 atom stereocenters. The highest BCUT2D eigenvalue weighted by Gasteiger charge is 2.28. The van der Waals surface area contributed by atoms with E-state index in [1.807, 2.05) is 6.92 Å². The minimum atomic E-state index is -0.791. The maximum atomic E-state index is 11.7. The van der Waals surface area contributed by atoms with Crippen molar-refractivity contribution in [2.75, 3.05) is 0 Å². The van der Waals surface area contributed by atoms with E-state index in [-0.39, 0.29) is 17.4 Å². The lowest BCUT2D eigenvalue weighted by molar-refractivity contribution is -0.395. The summed E-state index contributed by atoms with van der Waals surface area (Å²) < 4.78 is 5.03. The summed E-state index contributed by atoms with van der Waals surface area (Å²) in [5.41, 5.74) is -0.595. The van der Waals surface area contributed by atoms with Crippen molar-refractivity contribution in [1.82, 2.24) is 0 Å². The number of esters is 1. The number of nitrogens with zero attached hydrogens (tertiary/aromatic N) is 2. The number of benzene rings is 1. The Labute approximate surface area is 152 Å². The highest BCUT2D eigenvalue weighted by molar-refractivity contribution is 5.85. The Balaban J connectivity index is 3.26. The lowest BCUT2D eigenvalue weighted by atomic mass is 9.93. The SMILES string of the molecule is CC=CC(=O)Oc1cc(C(C)CCCCCC)c([N+](=O)[O-])cc1[N+](=O)[O-]. The summed E-state index contributed by atoms with van der Waals surface area (Å²) in [6.07, 6.45) is 7.36. The molecule has 0 spiro atoms. The van der Waals surface area contributed by atoms with Crippen molar-refractivity contribution in [2.45, 2.75) is 58.8 Å². The topological polar surface area (TPSA) is 113 Å². The van der Waals surface area contributed by atoms with Gasteiger partial charge in [-0.1, -0.05) is 45.6 Å². The van der Waals surface area contributed by atoms with Gasteiger partial charge in [0, 0.05) is 11.6 Å². The van der Waals surface area contributed by atoms with Crippen LogP contribution in [-0.2, 0) is 4.79 Å². The van der Waals surface area contributed by atoms with Crippen molar-refractivity contribution in [3.63, 3.8) is 0 Å². The molecule has 0 bridgehead atoms. The lowest BCUT2D eigenvalue weighted by Gasteiger charge is -2.14. The number of ether oxygens (including phenoxy) is 1. The molecule has 0 amide bonds. The van der Waals surface area contributed by atoms with Crippen LogP contribution in [0.5, 0.6) is 5.75 Å². The van der Waals surface area contributed by atoms with Gasteiger partial charge in [0.15, 0.2) is 0 Å².